The van der Waals surface area contributed by atoms with E-state index in [4.69, 9.17) is 0 Å². The summed E-state index contributed by atoms with van der Waals surface area (Å²) in [6.07, 6.45) is 5.55. The van der Waals surface area contributed by atoms with Gasteiger partial charge in [-0.15, -0.1) is 0 Å². The van der Waals surface area contributed by atoms with Crippen LogP contribution in [0.25, 0.3) is 0 Å². The highest BCUT2D eigenvalue weighted by Gasteiger charge is 2.08. The van der Waals surface area contributed by atoms with Gasteiger partial charge in [-0.2, -0.15) is 5.10 Å². The van der Waals surface area contributed by atoms with Gasteiger partial charge in [-0.05, 0) is 51.4 Å². The van der Waals surface area contributed by atoms with E-state index in [1.165, 1.54) is 17.7 Å². The molecule has 0 saturated heterocycles. The van der Waals surface area contributed by atoms with Gasteiger partial charge in [0, 0.05) is 25.0 Å². The zero-order valence-corrected chi connectivity index (χ0v) is 13.1. The Kier molecular flexibility index (Phi) is 5.01. The van der Waals surface area contributed by atoms with Crippen LogP contribution in [0.4, 0.5) is 0 Å². The summed E-state index contributed by atoms with van der Waals surface area (Å²) in [4.78, 5) is 0. The summed E-state index contributed by atoms with van der Waals surface area (Å²) in [6, 6.07) is 4.78. The SMILES string of the molecule is CCCNC(C)c1ccn(Cc2cc(C)nn2CC)c1. The van der Waals surface area contributed by atoms with Crippen molar-refractivity contribution in [2.75, 3.05) is 6.54 Å². The minimum Gasteiger partial charge on any atom is -0.348 e. The average molecular weight is 274 g/mol. The van der Waals surface area contributed by atoms with Crippen LogP contribution in [-0.2, 0) is 13.1 Å². The van der Waals surface area contributed by atoms with Crippen LogP contribution < -0.4 is 5.32 Å². The first-order valence-corrected chi connectivity index (χ1v) is 7.56. The molecule has 0 aliphatic carbocycles. The van der Waals surface area contributed by atoms with E-state index in [-0.39, 0.29) is 0 Å². The third-order valence-corrected chi connectivity index (χ3v) is 3.60. The van der Waals surface area contributed by atoms with Crippen LogP contribution in [0, 0.1) is 6.92 Å². The summed E-state index contributed by atoms with van der Waals surface area (Å²) >= 11 is 0. The molecule has 1 atom stereocenters. The summed E-state index contributed by atoms with van der Waals surface area (Å²) in [6.45, 7) is 11.5. The highest BCUT2D eigenvalue weighted by Crippen LogP contribution is 2.14. The summed E-state index contributed by atoms with van der Waals surface area (Å²) in [5.74, 6) is 0. The Labute approximate surface area is 121 Å². The van der Waals surface area contributed by atoms with Crippen LogP contribution in [0.3, 0.4) is 0 Å². The molecule has 4 nitrogen and oxygen atoms in total. The lowest BCUT2D eigenvalue weighted by molar-refractivity contribution is 0.567. The van der Waals surface area contributed by atoms with Crippen molar-refractivity contribution in [1.29, 1.82) is 0 Å². The smallest absolute Gasteiger partial charge is 0.0639 e. The van der Waals surface area contributed by atoms with E-state index in [9.17, 15) is 0 Å². The molecule has 110 valence electrons. The summed E-state index contributed by atoms with van der Waals surface area (Å²) < 4.78 is 4.32. The fraction of sp³-hybridized carbons (Fsp3) is 0.562. The first-order valence-electron chi connectivity index (χ1n) is 7.56. The van der Waals surface area contributed by atoms with Gasteiger partial charge in [0.05, 0.1) is 17.9 Å². The third kappa shape index (κ3) is 3.51. The molecule has 2 aromatic heterocycles. The molecule has 0 bridgehead atoms. The van der Waals surface area contributed by atoms with Crippen LogP contribution in [-0.4, -0.2) is 20.9 Å². The van der Waals surface area contributed by atoms with E-state index in [0.29, 0.717) is 6.04 Å². The second kappa shape index (κ2) is 6.75. The van der Waals surface area contributed by atoms with Gasteiger partial charge in [-0.25, -0.2) is 0 Å². The number of nitrogens with zero attached hydrogens (tertiary/aromatic N) is 3. The van der Waals surface area contributed by atoms with E-state index in [2.05, 4.69) is 65.0 Å². The minimum atomic E-state index is 0.411. The third-order valence-electron chi connectivity index (χ3n) is 3.60. The summed E-state index contributed by atoms with van der Waals surface area (Å²) in [7, 11) is 0. The maximum atomic E-state index is 4.50. The number of nitrogens with one attached hydrogen (secondary N) is 1. The van der Waals surface area contributed by atoms with E-state index in [1.807, 2.05) is 6.92 Å². The molecule has 1 unspecified atom stereocenters. The number of aryl methyl sites for hydroxylation is 2. The van der Waals surface area contributed by atoms with Gasteiger partial charge in [0.25, 0.3) is 0 Å². The lowest BCUT2D eigenvalue weighted by Gasteiger charge is -2.11. The molecule has 0 aliphatic rings. The number of rotatable bonds is 7. The molecule has 0 radical (unpaired) electrons. The first-order chi connectivity index (χ1) is 9.63. The predicted octanol–water partition coefficient (Wildman–Crippen LogP) is 3.12. The number of hydrogen-bond acceptors (Lipinski definition) is 2. The molecule has 0 aromatic carbocycles. The zero-order chi connectivity index (χ0) is 14.5. The second-order valence-electron chi connectivity index (χ2n) is 5.39. The van der Waals surface area contributed by atoms with E-state index < -0.39 is 0 Å². The zero-order valence-electron chi connectivity index (χ0n) is 13.1. The molecule has 2 heterocycles. The van der Waals surface area contributed by atoms with Crippen molar-refractivity contribution in [3.8, 4) is 0 Å². The molecule has 20 heavy (non-hydrogen) atoms. The Hall–Kier alpha value is -1.55. The van der Waals surface area contributed by atoms with Gasteiger partial charge in [-0.1, -0.05) is 6.92 Å². The van der Waals surface area contributed by atoms with Crippen LogP contribution in [0.5, 0.6) is 0 Å². The molecule has 0 spiro atoms. The molecule has 0 aliphatic heterocycles. The maximum absolute atomic E-state index is 4.50. The predicted molar refractivity (Wildman–Crippen MR) is 82.9 cm³/mol. The van der Waals surface area contributed by atoms with Crippen molar-refractivity contribution in [3.63, 3.8) is 0 Å². The Bertz CT molecular complexity index is 538. The Balaban J connectivity index is 2.05. The molecule has 1 N–H and O–H groups in total. The fourth-order valence-corrected chi connectivity index (χ4v) is 2.48. The molecule has 2 aromatic rings. The van der Waals surface area contributed by atoms with Crippen LogP contribution >= 0.6 is 0 Å². The number of hydrogen-bond donors (Lipinski definition) is 1. The first kappa shape index (κ1) is 14.9. The Morgan fingerprint density at radius 1 is 1.35 bits per heavy atom. The molecule has 0 fully saturated rings. The molecule has 0 saturated carbocycles. The summed E-state index contributed by atoms with van der Waals surface area (Å²) in [5, 5.41) is 8.02. The standard InChI is InChI=1S/C16H26N4/c1-5-8-17-14(4)15-7-9-19(11-15)12-16-10-13(3)18-20(16)6-2/h7,9-11,14,17H,5-6,8,12H2,1-4H3. The normalized spacial score (nSPS) is 12.8. The van der Waals surface area contributed by atoms with Crippen molar-refractivity contribution in [2.45, 2.75) is 53.2 Å². The van der Waals surface area contributed by atoms with Crippen molar-refractivity contribution >= 4 is 0 Å². The monoisotopic (exact) mass is 274 g/mol. The van der Waals surface area contributed by atoms with Crippen molar-refractivity contribution < 1.29 is 0 Å². The molecular formula is C16H26N4. The highest BCUT2D eigenvalue weighted by atomic mass is 15.3. The van der Waals surface area contributed by atoms with Crippen molar-refractivity contribution in [2.24, 2.45) is 0 Å². The van der Waals surface area contributed by atoms with E-state index in [0.717, 1.165) is 25.3 Å². The fourth-order valence-electron chi connectivity index (χ4n) is 2.48. The Morgan fingerprint density at radius 2 is 2.15 bits per heavy atom. The average Bonchev–Trinajstić information content (AvgIpc) is 3.03. The quantitative estimate of drug-likeness (QED) is 0.842. The topological polar surface area (TPSA) is 34.8 Å². The van der Waals surface area contributed by atoms with Crippen LogP contribution in [0.15, 0.2) is 24.5 Å². The largest absolute Gasteiger partial charge is 0.348 e. The second-order valence-corrected chi connectivity index (χ2v) is 5.39. The summed E-state index contributed by atoms with van der Waals surface area (Å²) in [5.41, 5.74) is 3.70. The van der Waals surface area contributed by atoms with Gasteiger partial charge < -0.3 is 9.88 Å². The van der Waals surface area contributed by atoms with Crippen LogP contribution in [0.2, 0.25) is 0 Å². The van der Waals surface area contributed by atoms with E-state index >= 15 is 0 Å². The Morgan fingerprint density at radius 3 is 2.85 bits per heavy atom. The molecular weight excluding hydrogens is 248 g/mol. The molecule has 4 heteroatoms. The maximum Gasteiger partial charge on any atom is 0.0639 e. The van der Waals surface area contributed by atoms with Gasteiger partial charge in [0.1, 0.15) is 0 Å². The highest BCUT2D eigenvalue weighted by molar-refractivity contribution is 5.17. The lowest BCUT2D eigenvalue weighted by atomic mass is 10.2. The molecule has 0 amide bonds. The lowest BCUT2D eigenvalue weighted by Crippen LogP contribution is -2.18. The van der Waals surface area contributed by atoms with Gasteiger partial charge in [0.2, 0.25) is 0 Å². The molecule has 2 rings (SSSR count). The number of aromatic nitrogens is 3. The van der Waals surface area contributed by atoms with Gasteiger partial charge >= 0.3 is 0 Å². The van der Waals surface area contributed by atoms with Gasteiger partial charge in [0.15, 0.2) is 0 Å². The minimum absolute atomic E-state index is 0.411. The van der Waals surface area contributed by atoms with Crippen molar-refractivity contribution in [1.82, 2.24) is 19.7 Å². The van der Waals surface area contributed by atoms with Crippen LogP contribution in [0.1, 0.15) is 50.2 Å². The van der Waals surface area contributed by atoms with Crippen molar-refractivity contribution in [3.05, 3.63) is 41.5 Å². The van der Waals surface area contributed by atoms with E-state index in [1.54, 1.807) is 0 Å². The van der Waals surface area contributed by atoms with Gasteiger partial charge in [-0.3, -0.25) is 4.68 Å².